The molecule has 0 aliphatic carbocycles. The number of nitrogens with zero attached hydrogens (tertiary/aromatic N) is 3. The highest BCUT2D eigenvalue weighted by Gasteiger charge is 2.15. The molecule has 0 saturated heterocycles. The number of carbonyl (C=O) groups excluding carboxylic acids is 1. The second-order valence-electron chi connectivity index (χ2n) is 5.46. The van der Waals surface area contributed by atoms with Gasteiger partial charge in [0.1, 0.15) is 5.69 Å². The van der Waals surface area contributed by atoms with E-state index >= 15 is 0 Å². The molecular formula is C17H15N5O3S. The van der Waals surface area contributed by atoms with Crippen LogP contribution >= 0.6 is 0 Å². The number of nitrogens with two attached hydrogens (primary N) is 1. The fraction of sp³-hybridized carbons (Fsp3) is 0.0588. The van der Waals surface area contributed by atoms with E-state index in [1.165, 1.54) is 18.2 Å². The van der Waals surface area contributed by atoms with Crippen molar-refractivity contribution in [2.45, 2.75) is 11.8 Å². The van der Waals surface area contributed by atoms with Crippen LogP contribution in [0, 0.1) is 6.92 Å². The number of anilines is 1. The summed E-state index contributed by atoms with van der Waals surface area (Å²) in [6, 6.07) is 9.24. The predicted octanol–water partition coefficient (Wildman–Crippen LogP) is 1.75. The maximum atomic E-state index is 12.6. The Labute approximate surface area is 150 Å². The summed E-state index contributed by atoms with van der Waals surface area (Å²) in [4.78, 5) is 25.1. The number of primary sulfonamides is 1. The van der Waals surface area contributed by atoms with E-state index in [0.717, 1.165) is 5.56 Å². The molecular weight excluding hydrogens is 354 g/mol. The lowest BCUT2D eigenvalue weighted by Crippen LogP contribution is -2.17. The summed E-state index contributed by atoms with van der Waals surface area (Å²) in [5.74, 6) is -0.507. The van der Waals surface area contributed by atoms with Crippen LogP contribution in [0.5, 0.6) is 0 Å². The van der Waals surface area contributed by atoms with Crippen molar-refractivity contribution in [3.63, 3.8) is 0 Å². The molecule has 3 N–H and O–H groups in total. The van der Waals surface area contributed by atoms with Gasteiger partial charge in [-0.3, -0.25) is 14.8 Å². The van der Waals surface area contributed by atoms with E-state index in [1.807, 2.05) is 6.07 Å². The smallest absolute Gasteiger partial charge is 0.276 e. The van der Waals surface area contributed by atoms with Crippen LogP contribution in [-0.2, 0) is 10.0 Å². The number of aromatic nitrogens is 3. The van der Waals surface area contributed by atoms with Crippen molar-refractivity contribution < 1.29 is 13.2 Å². The van der Waals surface area contributed by atoms with E-state index in [1.54, 1.807) is 37.6 Å². The Kier molecular flexibility index (Phi) is 4.74. The van der Waals surface area contributed by atoms with Gasteiger partial charge in [0.2, 0.25) is 10.0 Å². The first kappa shape index (κ1) is 17.6. The van der Waals surface area contributed by atoms with Crippen molar-refractivity contribution >= 4 is 21.6 Å². The highest BCUT2D eigenvalue weighted by atomic mass is 32.2. The van der Waals surface area contributed by atoms with E-state index < -0.39 is 15.9 Å². The van der Waals surface area contributed by atoms with Gasteiger partial charge in [-0.25, -0.2) is 18.5 Å². The third-order valence-electron chi connectivity index (χ3n) is 3.55. The lowest BCUT2D eigenvalue weighted by atomic mass is 10.2. The standard InChI is InChI=1S/C17H15N5O3S/c1-11-16(22-15(10-20-11)12-4-3-7-19-9-12)17(23)21-13-5-2-6-14(8-13)26(18,24)25/h2-10H,1H3,(H,21,23)(H2,18,24,25). The molecule has 2 aromatic heterocycles. The molecule has 3 aromatic rings. The summed E-state index contributed by atoms with van der Waals surface area (Å²) in [5, 5.41) is 7.72. The first-order valence-corrected chi connectivity index (χ1v) is 9.07. The zero-order valence-corrected chi connectivity index (χ0v) is 14.6. The Morgan fingerprint density at radius 2 is 1.96 bits per heavy atom. The minimum atomic E-state index is -3.86. The van der Waals surface area contributed by atoms with Crippen molar-refractivity contribution in [3.05, 3.63) is 66.4 Å². The topological polar surface area (TPSA) is 128 Å². The SMILES string of the molecule is Cc1ncc(-c2cccnc2)nc1C(=O)Nc1cccc(S(N)(=O)=O)c1. The van der Waals surface area contributed by atoms with E-state index in [4.69, 9.17) is 5.14 Å². The normalized spacial score (nSPS) is 11.2. The average molecular weight is 369 g/mol. The van der Waals surface area contributed by atoms with Gasteiger partial charge in [0.05, 0.1) is 22.5 Å². The van der Waals surface area contributed by atoms with Crippen molar-refractivity contribution in [2.24, 2.45) is 5.14 Å². The van der Waals surface area contributed by atoms with Crippen molar-refractivity contribution in [3.8, 4) is 11.3 Å². The van der Waals surface area contributed by atoms with Gasteiger partial charge in [-0.1, -0.05) is 6.07 Å². The Bertz CT molecular complexity index is 1070. The number of hydrogen-bond donors (Lipinski definition) is 2. The van der Waals surface area contributed by atoms with E-state index in [9.17, 15) is 13.2 Å². The maximum absolute atomic E-state index is 12.6. The molecule has 9 heteroatoms. The third kappa shape index (κ3) is 3.90. The molecule has 1 amide bonds. The molecule has 132 valence electrons. The van der Waals surface area contributed by atoms with E-state index in [0.29, 0.717) is 11.4 Å². The van der Waals surface area contributed by atoms with Gasteiger partial charge >= 0.3 is 0 Å². The zero-order chi connectivity index (χ0) is 18.7. The van der Waals surface area contributed by atoms with E-state index in [2.05, 4.69) is 20.3 Å². The zero-order valence-electron chi connectivity index (χ0n) is 13.7. The Morgan fingerprint density at radius 1 is 1.15 bits per heavy atom. The summed E-state index contributed by atoms with van der Waals surface area (Å²) in [7, 11) is -3.86. The van der Waals surface area contributed by atoms with Gasteiger partial charge in [0.15, 0.2) is 0 Å². The molecule has 26 heavy (non-hydrogen) atoms. The van der Waals surface area contributed by atoms with E-state index in [-0.39, 0.29) is 16.3 Å². The van der Waals surface area contributed by atoms with Crippen molar-refractivity contribution in [2.75, 3.05) is 5.32 Å². The number of sulfonamides is 1. The molecule has 0 bridgehead atoms. The molecule has 0 aliphatic heterocycles. The minimum absolute atomic E-state index is 0.0952. The largest absolute Gasteiger partial charge is 0.321 e. The highest BCUT2D eigenvalue weighted by molar-refractivity contribution is 7.89. The second kappa shape index (κ2) is 6.98. The van der Waals surface area contributed by atoms with Crippen LogP contribution in [0.15, 0.2) is 59.9 Å². The number of rotatable bonds is 4. The summed E-state index contributed by atoms with van der Waals surface area (Å²) in [5.41, 5.74) is 2.09. The second-order valence-corrected chi connectivity index (χ2v) is 7.02. The van der Waals surface area contributed by atoms with Gasteiger partial charge in [0, 0.05) is 23.6 Å². The number of hydrogen-bond acceptors (Lipinski definition) is 6. The number of aryl methyl sites for hydroxylation is 1. The maximum Gasteiger partial charge on any atom is 0.276 e. The highest BCUT2D eigenvalue weighted by Crippen LogP contribution is 2.18. The van der Waals surface area contributed by atoms with Gasteiger partial charge < -0.3 is 5.32 Å². The van der Waals surface area contributed by atoms with Crippen LogP contribution in [0.1, 0.15) is 16.2 Å². The van der Waals surface area contributed by atoms with Crippen LogP contribution < -0.4 is 10.5 Å². The molecule has 1 aromatic carbocycles. The first-order valence-electron chi connectivity index (χ1n) is 7.53. The molecule has 0 atom stereocenters. The van der Waals surface area contributed by atoms with Crippen LogP contribution in [0.4, 0.5) is 5.69 Å². The molecule has 0 spiro atoms. The van der Waals surface area contributed by atoms with Crippen LogP contribution in [0.25, 0.3) is 11.3 Å². The third-order valence-corrected chi connectivity index (χ3v) is 4.46. The molecule has 0 saturated carbocycles. The average Bonchev–Trinajstić information content (AvgIpc) is 2.62. The molecule has 2 heterocycles. The molecule has 3 rings (SSSR count). The fourth-order valence-corrected chi connectivity index (χ4v) is 2.82. The Balaban J connectivity index is 1.91. The van der Waals surface area contributed by atoms with Crippen LogP contribution in [-0.4, -0.2) is 29.3 Å². The number of amides is 1. The van der Waals surface area contributed by atoms with Crippen molar-refractivity contribution in [1.82, 2.24) is 15.0 Å². The molecule has 0 unspecified atom stereocenters. The fourth-order valence-electron chi connectivity index (χ4n) is 2.26. The Morgan fingerprint density at radius 3 is 2.65 bits per heavy atom. The molecule has 0 fully saturated rings. The number of pyridine rings is 1. The first-order chi connectivity index (χ1) is 12.3. The Hall–Kier alpha value is -3.17. The number of carbonyl (C=O) groups is 1. The summed E-state index contributed by atoms with van der Waals surface area (Å²) in [6.45, 7) is 1.66. The molecule has 0 radical (unpaired) electrons. The van der Waals surface area contributed by atoms with Gasteiger partial charge in [0.25, 0.3) is 5.91 Å². The molecule has 8 nitrogen and oxygen atoms in total. The summed E-state index contributed by atoms with van der Waals surface area (Å²) < 4.78 is 22.9. The number of nitrogens with one attached hydrogen (secondary N) is 1. The lowest BCUT2D eigenvalue weighted by Gasteiger charge is -2.09. The predicted molar refractivity (Wildman–Crippen MR) is 95.8 cm³/mol. The minimum Gasteiger partial charge on any atom is -0.321 e. The van der Waals surface area contributed by atoms with Crippen molar-refractivity contribution in [1.29, 1.82) is 0 Å². The summed E-state index contributed by atoms with van der Waals surface area (Å²) >= 11 is 0. The monoisotopic (exact) mass is 369 g/mol. The number of benzene rings is 1. The molecule has 0 aliphatic rings. The van der Waals surface area contributed by atoms with Gasteiger partial charge in [-0.2, -0.15) is 0 Å². The quantitative estimate of drug-likeness (QED) is 0.721. The van der Waals surface area contributed by atoms with Gasteiger partial charge in [-0.15, -0.1) is 0 Å². The summed E-state index contributed by atoms with van der Waals surface area (Å²) in [6.07, 6.45) is 4.82. The van der Waals surface area contributed by atoms with Gasteiger partial charge in [-0.05, 0) is 37.3 Å². The van der Waals surface area contributed by atoms with Crippen LogP contribution in [0.2, 0.25) is 0 Å². The van der Waals surface area contributed by atoms with Crippen LogP contribution in [0.3, 0.4) is 0 Å². The lowest BCUT2D eigenvalue weighted by molar-refractivity contribution is 0.102.